The minimum absolute atomic E-state index is 0.159. The van der Waals surface area contributed by atoms with E-state index in [1.807, 2.05) is 20.2 Å². The lowest BCUT2D eigenvalue weighted by Gasteiger charge is -2.18. The molecule has 0 aliphatic heterocycles. The normalized spacial score (nSPS) is 10.7. The molecular weight excluding hydrogens is 434 g/mol. The number of nitrogens with zero attached hydrogens (tertiary/aromatic N) is 4. The summed E-state index contributed by atoms with van der Waals surface area (Å²) < 4.78 is 10.6. The molecule has 0 spiro atoms. The molecule has 3 rings (SSSR count). The fourth-order valence-electron chi connectivity index (χ4n) is 3.33. The van der Waals surface area contributed by atoms with Crippen LogP contribution in [0, 0.1) is 10.1 Å². The van der Waals surface area contributed by atoms with Crippen LogP contribution in [0.2, 0.25) is 5.02 Å². The van der Waals surface area contributed by atoms with Crippen LogP contribution in [0.1, 0.15) is 11.1 Å². The minimum atomic E-state index is -0.474. The van der Waals surface area contributed by atoms with Gasteiger partial charge in [0.2, 0.25) is 11.7 Å². The summed E-state index contributed by atoms with van der Waals surface area (Å²) in [5, 5.41) is 16.0. The fourth-order valence-corrected chi connectivity index (χ4v) is 3.61. The third-order valence-corrected chi connectivity index (χ3v) is 5.13. The van der Waals surface area contributed by atoms with E-state index in [2.05, 4.69) is 21.9 Å². The molecule has 1 N–H and O–H groups in total. The van der Waals surface area contributed by atoms with Crippen molar-refractivity contribution in [3.8, 4) is 11.5 Å². The maximum Gasteiger partial charge on any atom is 0.312 e. The molecule has 10 heteroatoms. The smallest absolute Gasteiger partial charge is 0.312 e. The molecule has 168 valence electrons. The summed E-state index contributed by atoms with van der Waals surface area (Å²) in [5.41, 5.74) is 1.87. The average molecular weight is 458 g/mol. The molecule has 0 bridgehead atoms. The summed E-state index contributed by atoms with van der Waals surface area (Å²) in [5.74, 6) is 1.66. The van der Waals surface area contributed by atoms with Gasteiger partial charge in [0.05, 0.1) is 35.1 Å². The van der Waals surface area contributed by atoms with Crippen LogP contribution in [0.15, 0.2) is 36.9 Å². The van der Waals surface area contributed by atoms with Crippen LogP contribution < -0.4 is 19.7 Å². The van der Waals surface area contributed by atoms with Crippen molar-refractivity contribution >= 4 is 40.0 Å². The molecule has 0 unspecified atom stereocenters. The second-order valence-corrected chi connectivity index (χ2v) is 7.55. The van der Waals surface area contributed by atoms with Crippen molar-refractivity contribution in [2.75, 3.05) is 38.5 Å². The van der Waals surface area contributed by atoms with Gasteiger partial charge in [0.25, 0.3) is 0 Å². The summed E-state index contributed by atoms with van der Waals surface area (Å²) in [4.78, 5) is 22.3. The highest BCUT2D eigenvalue weighted by Gasteiger charge is 2.25. The Morgan fingerprint density at radius 3 is 2.56 bits per heavy atom. The first-order valence-electron chi connectivity index (χ1n) is 9.71. The molecule has 0 aliphatic rings. The summed E-state index contributed by atoms with van der Waals surface area (Å²) in [6, 6.07) is 6.88. The highest BCUT2D eigenvalue weighted by Crippen LogP contribution is 2.40. The zero-order valence-corrected chi connectivity index (χ0v) is 19.1. The van der Waals surface area contributed by atoms with Gasteiger partial charge >= 0.3 is 5.69 Å². The number of nitro groups is 1. The number of ether oxygens (including phenoxy) is 2. The maximum atomic E-state index is 11.7. The van der Waals surface area contributed by atoms with Gasteiger partial charge in [0.15, 0.2) is 0 Å². The van der Waals surface area contributed by atoms with Crippen LogP contribution in [0.4, 0.5) is 17.5 Å². The van der Waals surface area contributed by atoms with E-state index in [0.717, 1.165) is 5.56 Å². The number of rotatable bonds is 9. The zero-order valence-electron chi connectivity index (χ0n) is 18.3. The molecule has 3 aromatic rings. The van der Waals surface area contributed by atoms with Crippen LogP contribution >= 0.6 is 11.6 Å². The number of fused-ring (bicyclic) bond motifs is 1. The first-order chi connectivity index (χ1) is 15.3. The van der Waals surface area contributed by atoms with E-state index in [-0.39, 0.29) is 11.4 Å². The molecule has 0 atom stereocenters. The van der Waals surface area contributed by atoms with Gasteiger partial charge in [-0.2, -0.15) is 4.98 Å². The Kier molecular flexibility index (Phi) is 6.99. The lowest BCUT2D eigenvalue weighted by Crippen LogP contribution is -2.15. The minimum Gasteiger partial charge on any atom is -0.495 e. The molecule has 1 heterocycles. The van der Waals surface area contributed by atoms with E-state index >= 15 is 0 Å². The number of halogens is 1. The van der Waals surface area contributed by atoms with Gasteiger partial charge in [-0.05, 0) is 24.1 Å². The number of nitro benzene ring substituents is 1. The number of hydrogen-bond donors (Lipinski definition) is 1. The maximum absolute atomic E-state index is 11.7. The lowest BCUT2D eigenvalue weighted by atomic mass is 10.0. The quantitative estimate of drug-likeness (QED) is 0.282. The van der Waals surface area contributed by atoms with Gasteiger partial charge in [-0.1, -0.05) is 23.7 Å². The predicted molar refractivity (Wildman–Crippen MR) is 126 cm³/mol. The van der Waals surface area contributed by atoms with Crippen molar-refractivity contribution < 1.29 is 14.4 Å². The Morgan fingerprint density at radius 2 is 2.00 bits per heavy atom. The first-order valence-corrected chi connectivity index (χ1v) is 10.1. The Labute approximate surface area is 190 Å². The SMILES string of the molecule is C=CCc1c(OC)c([N+](=O)[O-])cc2c(NCc3ccc(OC)c(Cl)c3)nc(N(C)C)nc12. The monoisotopic (exact) mass is 457 g/mol. The average Bonchev–Trinajstić information content (AvgIpc) is 2.77. The van der Waals surface area contributed by atoms with E-state index in [1.165, 1.54) is 13.2 Å². The summed E-state index contributed by atoms with van der Waals surface area (Å²) in [6.07, 6.45) is 2.00. The van der Waals surface area contributed by atoms with E-state index in [9.17, 15) is 10.1 Å². The highest BCUT2D eigenvalue weighted by atomic mass is 35.5. The van der Waals surface area contributed by atoms with Crippen molar-refractivity contribution in [1.82, 2.24) is 9.97 Å². The summed E-state index contributed by atoms with van der Waals surface area (Å²) in [7, 11) is 6.60. The van der Waals surface area contributed by atoms with Crippen molar-refractivity contribution in [3.05, 3.63) is 63.2 Å². The number of methoxy groups -OCH3 is 2. The molecular formula is C22H24ClN5O4. The first kappa shape index (κ1) is 23.1. The van der Waals surface area contributed by atoms with Gasteiger partial charge in [-0.15, -0.1) is 6.58 Å². The predicted octanol–water partition coefficient (Wildman–Crippen LogP) is 4.62. The molecule has 32 heavy (non-hydrogen) atoms. The Balaban J connectivity index is 2.18. The summed E-state index contributed by atoms with van der Waals surface area (Å²) in [6.45, 7) is 4.16. The Morgan fingerprint density at radius 1 is 1.25 bits per heavy atom. The molecule has 0 fully saturated rings. The van der Waals surface area contributed by atoms with Crippen molar-refractivity contribution in [3.63, 3.8) is 0 Å². The van der Waals surface area contributed by atoms with Crippen molar-refractivity contribution in [1.29, 1.82) is 0 Å². The number of nitrogens with one attached hydrogen (secondary N) is 1. The molecule has 0 saturated carbocycles. The molecule has 9 nitrogen and oxygen atoms in total. The number of benzene rings is 2. The van der Waals surface area contributed by atoms with Gasteiger partial charge in [-0.3, -0.25) is 10.1 Å². The molecule has 0 radical (unpaired) electrons. The van der Waals surface area contributed by atoms with E-state index in [1.54, 1.807) is 30.2 Å². The Hall–Kier alpha value is -3.59. The van der Waals surface area contributed by atoms with Gasteiger partial charge < -0.3 is 19.7 Å². The lowest BCUT2D eigenvalue weighted by molar-refractivity contribution is -0.385. The standard InChI is InChI=1S/C22H24ClN5O4/c1-6-7-14-19-15(11-17(28(29)30)20(14)32-5)21(26-22(25-19)27(2)3)24-12-13-8-9-18(31-4)16(23)10-13/h6,8-11H,1,7,12H2,2-5H3,(H,24,25,26). The van der Waals surface area contributed by atoms with E-state index < -0.39 is 4.92 Å². The van der Waals surface area contributed by atoms with Crippen LogP contribution in [0.3, 0.4) is 0 Å². The molecule has 0 saturated heterocycles. The van der Waals surface area contributed by atoms with Gasteiger partial charge in [0, 0.05) is 32.3 Å². The fraction of sp³-hybridized carbons (Fsp3) is 0.273. The van der Waals surface area contributed by atoms with Crippen molar-refractivity contribution in [2.45, 2.75) is 13.0 Å². The van der Waals surface area contributed by atoms with Gasteiger partial charge in [0.1, 0.15) is 11.6 Å². The van der Waals surface area contributed by atoms with Crippen LogP contribution in [0.5, 0.6) is 11.5 Å². The Bertz CT molecular complexity index is 1180. The van der Waals surface area contributed by atoms with Gasteiger partial charge in [-0.25, -0.2) is 4.98 Å². The van der Waals surface area contributed by atoms with E-state index in [4.69, 9.17) is 21.1 Å². The van der Waals surface area contributed by atoms with Crippen molar-refractivity contribution in [2.24, 2.45) is 0 Å². The van der Waals surface area contributed by atoms with Crippen LogP contribution in [0.25, 0.3) is 10.9 Å². The summed E-state index contributed by atoms with van der Waals surface area (Å²) >= 11 is 6.23. The third-order valence-electron chi connectivity index (χ3n) is 4.83. The third kappa shape index (κ3) is 4.52. The van der Waals surface area contributed by atoms with Crippen LogP contribution in [-0.4, -0.2) is 43.2 Å². The second-order valence-electron chi connectivity index (χ2n) is 7.14. The van der Waals surface area contributed by atoms with E-state index in [0.29, 0.717) is 52.0 Å². The number of anilines is 2. The molecule has 2 aromatic carbocycles. The molecule has 0 aliphatic carbocycles. The number of aromatic nitrogens is 2. The highest BCUT2D eigenvalue weighted by molar-refractivity contribution is 6.32. The van der Waals surface area contributed by atoms with Crippen LogP contribution in [-0.2, 0) is 13.0 Å². The second kappa shape index (κ2) is 9.69. The number of allylic oxidation sites excluding steroid dienone is 1. The molecule has 0 amide bonds. The largest absolute Gasteiger partial charge is 0.495 e. The number of hydrogen-bond acceptors (Lipinski definition) is 8. The topological polar surface area (TPSA) is 103 Å². The molecule has 1 aromatic heterocycles. The zero-order chi connectivity index (χ0) is 23.4.